The van der Waals surface area contributed by atoms with Crippen LogP contribution >= 0.6 is 11.8 Å². The average molecular weight is 275 g/mol. The molecule has 2 rings (SSSR count). The number of aryl methyl sites for hydroxylation is 3. The SMILES string of the molecule is Cc1ccc(Sc2nnc(C)c(C)n2)cc1C(=O)O. The van der Waals surface area contributed by atoms with Gasteiger partial charge in [0.25, 0.3) is 0 Å². The summed E-state index contributed by atoms with van der Waals surface area (Å²) >= 11 is 1.30. The number of nitrogens with zero attached hydrogens (tertiary/aromatic N) is 3. The van der Waals surface area contributed by atoms with Gasteiger partial charge in [-0.2, -0.15) is 5.10 Å². The molecule has 1 heterocycles. The Morgan fingerprint density at radius 2 is 1.89 bits per heavy atom. The van der Waals surface area contributed by atoms with E-state index in [0.717, 1.165) is 21.8 Å². The Morgan fingerprint density at radius 3 is 2.53 bits per heavy atom. The third kappa shape index (κ3) is 3.08. The van der Waals surface area contributed by atoms with Crippen LogP contribution in [0.15, 0.2) is 28.3 Å². The molecule has 0 amide bonds. The zero-order valence-electron chi connectivity index (χ0n) is 10.8. The summed E-state index contributed by atoms with van der Waals surface area (Å²) in [5.41, 5.74) is 2.64. The van der Waals surface area contributed by atoms with Crippen LogP contribution in [-0.2, 0) is 0 Å². The summed E-state index contributed by atoms with van der Waals surface area (Å²) in [6, 6.07) is 5.26. The molecule has 98 valence electrons. The predicted molar refractivity (Wildman–Crippen MR) is 71.6 cm³/mol. The maximum Gasteiger partial charge on any atom is 0.335 e. The van der Waals surface area contributed by atoms with E-state index in [-0.39, 0.29) is 0 Å². The monoisotopic (exact) mass is 275 g/mol. The molecule has 0 unspecified atom stereocenters. The van der Waals surface area contributed by atoms with Crippen molar-refractivity contribution in [2.75, 3.05) is 0 Å². The van der Waals surface area contributed by atoms with E-state index in [1.54, 1.807) is 19.1 Å². The molecular weight excluding hydrogens is 262 g/mol. The van der Waals surface area contributed by atoms with Crippen molar-refractivity contribution in [1.29, 1.82) is 0 Å². The third-order valence-corrected chi connectivity index (χ3v) is 3.57. The largest absolute Gasteiger partial charge is 0.478 e. The van der Waals surface area contributed by atoms with Crippen molar-refractivity contribution in [2.24, 2.45) is 0 Å². The highest BCUT2D eigenvalue weighted by molar-refractivity contribution is 7.99. The first-order valence-corrected chi connectivity index (χ1v) is 6.48. The first-order chi connectivity index (χ1) is 8.97. The highest BCUT2D eigenvalue weighted by atomic mass is 32.2. The van der Waals surface area contributed by atoms with E-state index in [1.165, 1.54) is 11.8 Å². The van der Waals surface area contributed by atoms with Gasteiger partial charge in [0.15, 0.2) is 0 Å². The van der Waals surface area contributed by atoms with Crippen LogP contribution in [0.1, 0.15) is 27.3 Å². The Bertz CT molecular complexity index is 644. The zero-order chi connectivity index (χ0) is 14.0. The van der Waals surface area contributed by atoms with Gasteiger partial charge >= 0.3 is 5.97 Å². The lowest BCUT2D eigenvalue weighted by Gasteiger charge is -2.05. The number of benzene rings is 1. The minimum Gasteiger partial charge on any atom is -0.478 e. The van der Waals surface area contributed by atoms with Gasteiger partial charge in [-0.25, -0.2) is 9.78 Å². The van der Waals surface area contributed by atoms with Gasteiger partial charge in [-0.05, 0) is 50.2 Å². The fourth-order valence-corrected chi connectivity index (χ4v) is 2.27. The Morgan fingerprint density at radius 1 is 1.16 bits per heavy atom. The molecule has 0 spiro atoms. The van der Waals surface area contributed by atoms with Gasteiger partial charge in [-0.3, -0.25) is 0 Å². The van der Waals surface area contributed by atoms with Crippen LogP contribution in [0.5, 0.6) is 0 Å². The summed E-state index contributed by atoms with van der Waals surface area (Å²) in [5.74, 6) is -0.931. The number of carboxylic acids is 1. The molecule has 2 aromatic rings. The lowest BCUT2D eigenvalue weighted by Crippen LogP contribution is -2.00. The van der Waals surface area contributed by atoms with E-state index >= 15 is 0 Å². The van der Waals surface area contributed by atoms with E-state index in [0.29, 0.717) is 10.7 Å². The summed E-state index contributed by atoms with van der Waals surface area (Å²) in [6.07, 6.45) is 0. The molecule has 0 saturated carbocycles. The molecule has 1 N–H and O–H groups in total. The maximum atomic E-state index is 11.1. The van der Waals surface area contributed by atoms with Crippen molar-refractivity contribution in [3.63, 3.8) is 0 Å². The second-order valence-electron chi connectivity index (χ2n) is 4.15. The fourth-order valence-electron chi connectivity index (χ4n) is 1.48. The summed E-state index contributed by atoms with van der Waals surface area (Å²) in [6.45, 7) is 5.48. The molecule has 0 aliphatic rings. The number of aromatic carboxylic acids is 1. The smallest absolute Gasteiger partial charge is 0.335 e. The van der Waals surface area contributed by atoms with Gasteiger partial charge in [0, 0.05) is 4.90 Å². The highest BCUT2D eigenvalue weighted by Crippen LogP contribution is 2.26. The van der Waals surface area contributed by atoms with Gasteiger partial charge in [-0.1, -0.05) is 6.07 Å². The average Bonchev–Trinajstić information content (AvgIpc) is 2.36. The van der Waals surface area contributed by atoms with Crippen LogP contribution in [0, 0.1) is 20.8 Å². The number of aromatic nitrogens is 3. The first-order valence-electron chi connectivity index (χ1n) is 5.67. The normalized spacial score (nSPS) is 10.5. The Balaban J connectivity index is 2.30. The topological polar surface area (TPSA) is 76.0 Å². The van der Waals surface area contributed by atoms with Gasteiger partial charge in [0.1, 0.15) is 0 Å². The molecule has 19 heavy (non-hydrogen) atoms. The molecule has 0 aliphatic heterocycles. The lowest BCUT2D eigenvalue weighted by molar-refractivity contribution is 0.0696. The van der Waals surface area contributed by atoms with E-state index in [9.17, 15) is 4.79 Å². The van der Waals surface area contributed by atoms with E-state index in [1.807, 2.05) is 19.9 Å². The molecule has 0 bridgehead atoms. The molecule has 0 aliphatic carbocycles. The van der Waals surface area contributed by atoms with E-state index in [4.69, 9.17) is 5.11 Å². The highest BCUT2D eigenvalue weighted by Gasteiger charge is 2.10. The van der Waals surface area contributed by atoms with Crippen molar-refractivity contribution in [3.05, 3.63) is 40.7 Å². The molecule has 0 fully saturated rings. The van der Waals surface area contributed by atoms with Crippen molar-refractivity contribution < 1.29 is 9.90 Å². The van der Waals surface area contributed by atoms with Crippen LogP contribution < -0.4 is 0 Å². The standard InChI is InChI=1S/C13H13N3O2S/c1-7-4-5-10(6-11(7)12(17)18)19-13-14-8(2)9(3)15-16-13/h4-6H,1-3H3,(H,17,18). The minimum atomic E-state index is -0.931. The van der Waals surface area contributed by atoms with Crippen molar-refractivity contribution in [3.8, 4) is 0 Å². The predicted octanol–water partition coefficient (Wildman–Crippen LogP) is 2.65. The van der Waals surface area contributed by atoms with Crippen molar-refractivity contribution in [2.45, 2.75) is 30.8 Å². The minimum absolute atomic E-state index is 0.293. The summed E-state index contributed by atoms with van der Waals surface area (Å²) in [5, 5.41) is 17.6. The molecule has 5 nitrogen and oxygen atoms in total. The second-order valence-corrected chi connectivity index (χ2v) is 5.19. The number of hydrogen-bond acceptors (Lipinski definition) is 5. The second kappa shape index (κ2) is 5.36. The van der Waals surface area contributed by atoms with Crippen LogP contribution in [0.3, 0.4) is 0 Å². The molecular formula is C13H13N3O2S. The molecule has 0 saturated heterocycles. The van der Waals surface area contributed by atoms with E-state index < -0.39 is 5.97 Å². The lowest BCUT2D eigenvalue weighted by atomic mass is 10.1. The Hall–Kier alpha value is -1.95. The summed E-state index contributed by atoms with van der Waals surface area (Å²) < 4.78 is 0. The Labute approximate surface area is 115 Å². The van der Waals surface area contributed by atoms with Crippen molar-refractivity contribution in [1.82, 2.24) is 15.2 Å². The maximum absolute atomic E-state index is 11.1. The number of carboxylic acid groups (broad SMARTS) is 1. The molecule has 6 heteroatoms. The number of rotatable bonds is 3. The number of hydrogen-bond donors (Lipinski definition) is 1. The summed E-state index contributed by atoms with van der Waals surface area (Å²) in [7, 11) is 0. The van der Waals surface area contributed by atoms with Crippen LogP contribution in [0.25, 0.3) is 0 Å². The number of carbonyl (C=O) groups is 1. The van der Waals surface area contributed by atoms with Crippen LogP contribution in [0.2, 0.25) is 0 Å². The first kappa shape index (κ1) is 13.5. The van der Waals surface area contributed by atoms with Gasteiger partial charge in [0.05, 0.1) is 17.0 Å². The third-order valence-electron chi connectivity index (χ3n) is 2.72. The quantitative estimate of drug-likeness (QED) is 0.928. The zero-order valence-corrected chi connectivity index (χ0v) is 11.7. The van der Waals surface area contributed by atoms with Gasteiger partial charge in [-0.15, -0.1) is 5.10 Å². The summed E-state index contributed by atoms with van der Waals surface area (Å²) in [4.78, 5) is 16.2. The Kier molecular flexibility index (Phi) is 3.80. The fraction of sp³-hybridized carbons (Fsp3) is 0.231. The molecule has 1 aromatic carbocycles. The van der Waals surface area contributed by atoms with Crippen LogP contribution in [-0.4, -0.2) is 26.3 Å². The molecule has 0 radical (unpaired) electrons. The van der Waals surface area contributed by atoms with E-state index in [2.05, 4.69) is 15.2 Å². The van der Waals surface area contributed by atoms with Gasteiger partial charge in [0.2, 0.25) is 5.16 Å². The molecule has 0 atom stereocenters. The molecule has 1 aromatic heterocycles. The van der Waals surface area contributed by atoms with Gasteiger partial charge < -0.3 is 5.11 Å². The van der Waals surface area contributed by atoms with Crippen LogP contribution in [0.4, 0.5) is 0 Å². The van der Waals surface area contributed by atoms with Crippen molar-refractivity contribution >= 4 is 17.7 Å².